The molecule has 3 N–H and O–H groups in total. The van der Waals surface area contributed by atoms with Crippen molar-refractivity contribution in [1.29, 1.82) is 0 Å². The molecule has 2 rings (SSSR count). The number of rotatable bonds is 15. The summed E-state index contributed by atoms with van der Waals surface area (Å²) < 4.78 is 22.4. The molecule has 0 atom stereocenters. The van der Waals surface area contributed by atoms with Crippen LogP contribution in [0.4, 0.5) is 0 Å². The molecule has 0 aliphatic carbocycles. The minimum absolute atomic E-state index is 0.0426. The number of benzene rings is 2. The Labute approximate surface area is 200 Å². The zero-order chi connectivity index (χ0) is 24.9. The molecule has 2 aromatic carbocycles. The van der Waals surface area contributed by atoms with Crippen LogP contribution in [0.15, 0.2) is 43.0 Å². The Balaban J connectivity index is 1.98. The number of nitrogens with two attached hydrogens (primary N) is 1. The van der Waals surface area contributed by atoms with Crippen molar-refractivity contribution in [2.75, 3.05) is 26.4 Å². The van der Waals surface area contributed by atoms with Gasteiger partial charge in [0.25, 0.3) is 5.91 Å². The third-order valence-electron chi connectivity index (χ3n) is 4.90. The van der Waals surface area contributed by atoms with Crippen molar-refractivity contribution in [3.63, 3.8) is 0 Å². The Kier molecular flexibility index (Phi) is 10.8. The lowest BCUT2D eigenvalue weighted by molar-refractivity contribution is -0.145. The molecule has 8 nitrogen and oxygen atoms in total. The zero-order valence-corrected chi connectivity index (χ0v) is 19.8. The Morgan fingerprint density at radius 3 is 2.24 bits per heavy atom. The van der Waals surface area contributed by atoms with E-state index in [9.17, 15) is 14.7 Å². The standard InChI is InChI=1S/C26H33NO7/c1-4-9-18-21(11-7-12-22(18)34-17-24(28)31-6-3)32-15-8-16-33-23-14-13-20(26(27)30)25(29)19(23)10-5-2/h5,7,11-14,29H,2,4,6,8-10,15-17H2,1,3H3,(H2,27,30). The minimum Gasteiger partial charge on any atom is -0.507 e. The Hall–Kier alpha value is -3.68. The molecule has 0 aliphatic rings. The number of carbonyl (C=O) groups is 2. The number of amides is 1. The maximum Gasteiger partial charge on any atom is 0.344 e. The van der Waals surface area contributed by atoms with Gasteiger partial charge in [0.2, 0.25) is 0 Å². The van der Waals surface area contributed by atoms with Crippen molar-refractivity contribution in [1.82, 2.24) is 0 Å². The van der Waals surface area contributed by atoms with E-state index in [2.05, 4.69) is 13.5 Å². The number of carbonyl (C=O) groups excluding carboxylic acids is 2. The predicted octanol–water partition coefficient (Wildman–Crippen LogP) is 3.96. The summed E-state index contributed by atoms with van der Waals surface area (Å²) in [5, 5.41) is 10.3. The van der Waals surface area contributed by atoms with Crippen LogP contribution in [0.5, 0.6) is 23.0 Å². The molecular formula is C26H33NO7. The van der Waals surface area contributed by atoms with Crippen molar-refractivity contribution >= 4 is 11.9 Å². The van der Waals surface area contributed by atoms with Gasteiger partial charge in [-0.15, -0.1) is 6.58 Å². The molecule has 0 aromatic heterocycles. The molecule has 0 fully saturated rings. The van der Waals surface area contributed by atoms with E-state index in [1.807, 2.05) is 18.2 Å². The van der Waals surface area contributed by atoms with Crippen molar-refractivity contribution in [3.8, 4) is 23.0 Å². The highest BCUT2D eigenvalue weighted by Crippen LogP contribution is 2.32. The van der Waals surface area contributed by atoms with Gasteiger partial charge in [-0.3, -0.25) is 4.79 Å². The second kappa shape index (κ2) is 13.8. The summed E-state index contributed by atoms with van der Waals surface area (Å²) >= 11 is 0. The molecule has 0 unspecified atom stereocenters. The van der Waals surface area contributed by atoms with Crippen LogP contribution < -0.4 is 19.9 Å². The lowest BCUT2D eigenvalue weighted by Gasteiger charge is -2.16. The van der Waals surface area contributed by atoms with Crippen molar-refractivity contribution in [3.05, 3.63) is 59.7 Å². The average Bonchev–Trinajstić information content (AvgIpc) is 2.81. The summed E-state index contributed by atoms with van der Waals surface area (Å²) in [5.74, 6) is 0.438. The Morgan fingerprint density at radius 2 is 1.65 bits per heavy atom. The van der Waals surface area contributed by atoms with Crippen LogP contribution in [0.1, 0.15) is 48.2 Å². The molecule has 0 spiro atoms. The van der Waals surface area contributed by atoms with Crippen LogP contribution in [-0.4, -0.2) is 43.4 Å². The maximum atomic E-state index is 11.6. The first-order valence-corrected chi connectivity index (χ1v) is 11.3. The highest BCUT2D eigenvalue weighted by Gasteiger charge is 2.16. The first-order chi connectivity index (χ1) is 16.4. The van der Waals surface area contributed by atoms with E-state index in [1.165, 1.54) is 6.07 Å². The van der Waals surface area contributed by atoms with Crippen LogP contribution in [0, 0.1) is 0 Å². The molecule has 1 amide bonds. The van der Waals surface area contributed by atoms with Gasteiger partial charge in [-0.1, -0.05) is 25.5 Å². The van der Waals surface area contributed by atoms with Gasteiger partial charge in [-0.2, -0.15) is 0 Å². The number of allylic oxidation sites excluding steroid dienone is 1. The summed E-state index contributed by atoms with van der Waals surface area (Å²) in [6.45, 7) is 8.35. The molecule has 2 aromatic rings. The molecule has 0 radical (unpaired) electrons. The first-order valence-electron chi connectivity index (χ1n) is 11.3. The number of ether oxygens (including phenoxy) is 4. The van der Waals surface area contributed by atoms with Gasteiger partial charge in [0.05, 0.1) is 25.4 Å². The van der Waals surface area contributed by atoms with Crippen LogP contribution in [0.3, 0.4) is 0 Å². The van der Waals surface area contributed by atoms with Gasteiger partial charge < -0.3 is 29.8 Å². The van der Waals surface area contributed by atoms with Crippen LogP contribution in [0.2, 0.25) is 0 Å². The van der Waals surface area contributed by atoms with Crippen molar-refractivity contribution in [2.45, 2.75) is 39.5 Å². The zero-order valence-electron chi connectivity index (χ0n) is 19.8. The third-order valence-corrected chi connectivity index (χ3v) is 4.90. The normalized spacial score (nSPS) is 10.4. The summed E-state index contributed by atoms with van der Waals surface area (Å²) in [6, 6.07) is 8.55. The highest BCUT2D eigenvalue weighted by molar-refractivity contribution is 5.96. The van der Waals surface area contributed by atoms with Gasteiger partial charge in [-0.25, -0.2) is 4.79 Å². The van der Waals surface area contributed by atoms with Crippen LogP contribution in [0.25, 0.3) is 0 Å². The summed E-state index contributed by atoms with van der Waals surface area (Å²) in [5.41, 5.74) is 6.71. The first kappa shape index (κ1) is 26.6. The van der Waals surface area contributed by atoms with E-state index in [0.29, 0.717) is 55.5 Å². The number of hydrogen-bond donors (Lipinski definition) is 2. The molecule has 0 aliphatic heterocycles. The summed E-state index contributed by atoms with van der Waals surface area (Å²) in [7, 11) is 0. The van der Waals surface area contributed by atoms with Crippen molar-refractivity contribution in [2.24, 2.45) is 5.73 Å². The van der Waals surface area contributed by atoms with Crippen LogP contribution in [-0.2, 0) is 22.4 Å². The van der Waals surface area contributed by atoms with Gasteiger partial charge in [-0.05, 0) is 44.0 Å². The quantitative estimate of drug-likeness (QED) is 0.229. The molecule has 8 heteroatoms. The number of aromatic hydroxyl groups is 1. The summed E-state index contributed by atoms with van der Waals surface area (Å²) in [4.78, 5) is 23.1. The van der Waals surface area contributed by atoms with Crippen molar-refractivity contribution < 1.29 is 33.6 Å². The second-order valence-electron chi connectivity index (χ2n) is 7.42. The Morgan fingerprint density at radius 1 is 1.00 bits per heavy atom. The van der Waals surface area contributed by atoms with Gasteiger partial charge in [0.1, 0.15) is 23.0 Å². The fourth-order valence-electron chi connectivity index (χ4n) is 3.37. The van der Waals surface area contributed by atoms with E-state index in [-0.39, 0.29) is 17.9 Å². The average molecular weight is 472 g/mol. The second-order valence-corrected chi connectivity index (χ2v) is 7.42. The highest BCUT2D eigenvalue weighted by atomic mass is 16.6. The fourth-order valence-corrected chi connectivity index (χ4v) is 3.37. The lowest BCUT2D eigenvalue weighted by Crippen LogP contribution is -2.15. The van der Waals surface area contributed by atoms with Gasteiger partial charge >= 0.3 is 5.97 Å². The van der Waals surface area contributed by atoms with E-state index in [0.717, 1.165) is 18.4 Å². The lowest BCUT2D eigenvalue weighted by atomic mass is 10.0. The molecule has 34 heavy (non-hydrogen) atoms. The molecular weight excluding hydrogens is 438 g/mol. The fraction of sp³-hybridized carbons (Fsp3) is 0.385. The third kappa shape index (κ3) is 7.43. The van der Waals surface area contributed by atoms with Gasteiger partial charge in [0, 0.05) is 17.5 Å². The molecule has 0 bridgehead atoms. The largest absolute Gasteiger partial charge is 0.507 e. The van der Waals surface area contributed by atoms with Crippen LogP contribution >= 0.6 is 0 Å². The SMILES string of the molecule is C=CCc1c(OCCCOc2cccc(OCC(=O)OCC)c2CCC)ccc(C(N)=O)c1O. The number of esters is 1. The number of hydrogen-bond acceptors (Lipinski definition) is 7. The predicted molar refractivity (Wildman–Crippen MR) is 129 cm³/mol. The number of phenols is 1. The molecule has 0 saturated heterocycles. The Bertz CT molecular complexity index is 987. The number of primary amides is 1. The topological polar surface area (TPSA) is 117 Å². The smallest absolute Gasteiger partial charge is 0.344 e. The van der Waals surface area contributed by atoms with E-state index in [1.54, 1.807) is 19.1 Å². The molecule has 0 heterocycles. The summed E-state index contributed by atoms with van der Waals surface area (Å²) in [6.07, 6.45) is 4.14. The van der Waals surface area contributed by atoms with E-state index in [4.69, 9.17) is 24.7 Å². The maximum absolute atomic E-state index is 11.6. The van der Waals surface area contributed by atoms with E-state index >= 15 is 0 Å². The molecule has 184 valence electrons. The molecule has 0 saturated carbocycles. The monoisotopic (exact) mass is 471 g/mol. The van der Waals surface area contributed by atoms with E-state index < -0.39 is 11.9 Å². The minimum atomic E-state index is -0.709. The van der Waals surface area contributed by atoms with Gasteiger partial charge in [0.15, 0.2) is 6.61 Å².